The van der Waals surface area contributed by atoms with Gasteiger partial charge in [-0.25, -0.2) is 0 Å². The van der Waals surface area contributed by atoms with Gasteiger partial charge >= 0.3 is 0 Å². The molecule has 1 N–H and O–H groups in total. The Morgan fingerprint density at radius 3 is 2.20 bits per heavy atom. The van der Waals surface area contributed by atoms with Crippen molar-refractivity contribution in [3.05, 3.63) is 0 Å². The summed E-state index contributed by atoms with van der Waals surface area (Å²) >= 11 is 0. The predicted octanol–water partition coefficient (Wildman–Crippen LogP) is 0.910. The van der Waals surface area contributed by atoms with E-state index >= 15 is 0 Å². The summed E-state index contributed by atoms with van der Waals surface area (Å²) in [7, 11) is 0. The Kier molecular flexibility index (Phi) is 3.19. The van der Waals surface area contributed by atoms with Gasteiger partial charge in [0.2, 0.25) is 11.8 Å². The van der Waals surface area contributed by atoms with Crippen LogP contribution in [0.3, 0.4) is 0 Å². The van der Waals surface area contributed by atoms with Gasteiger partial charge in [-0.2, -0.15) is 0 Å². The maximum absolute atomic E-state index is 11.9. The van der Waals surface area contributed by atoms with Crippen LogP contribution >= 0.6 is 0 Å². The van der Waals surface area contributed by atoms with E-state index in [9.17, 15) is 9.59 Å². The minimum atomic E-state index is -0.415. The van der Waals surface area contributed by atoms with E-state index < -0.39 is 5.54 Å². The molecule has 1 unspecified atom stereocenters. The molecule has 4 heteroatoms. The van der Waals surface area contributed by atoms with E-state index in [-0.39, 0.29) is 30.3 Å². The highest BCUT2D eigenvalue weighted by molar-refractivity contribution is 6.06. The van der Waals surface area contributed by atoms with Gasteiger partial charge in [0, 0.05) is 11.6 Å². The summed E-state index contributed by atoms with van der Waals surface area (Å²) in [6, 6.07) is -0.122. The Labute approximate surface area is 91.0 Å². The quantitative estimate of drug-likeness (QED) is 0.692. The number of likely N-dealkylation sites (tertiary alicyclic amines) is 1. The molecule has 2 amide bonds. The Morgan fingerprint density at radius 2 is 1.87 bits per heavy atom. The number of nitrogens with one attached hydrogen (secondary N) is 1. The van der Waals surface area contributed by atoms with Crippen molar-refractivity contribution >= 4 is 11.8 Å². The van der Waals surface area contributed by atoms with E-state index in [4.69, 9.17) is 0 Å². The van der Waals surface area contributed by atoms with Gasteiger partial charge in [-0.3, -0.25) is 14.5 Å². The smallest absolute Gasteiger partial charge is 0.247 e. The topological polar surface area (TPSA) is 49.4 Å². The van der Waals surface area contributed by atoms with Crippen LogP contribution in [-0.2, 0) is 9.59 Å². The molecule has 0 aromatic heterocycles. The lowest BCUT2D eigenvalue weighted by Gasteiger charge is -2.30. The fourth-order valence-corrected chi connectivity index (χ4v) is 1.87. The van der Waals surface area contributed by atoms with Gasteiger partial charge in [0.05, 0.1) is 12.5 Å². The number of amides is 2. The molecule has 1 atom stereocenters. The summed E-state index contributed by atoms with van der Waals surface area (Å²) in [4.78, 5) is 25.0. The second-order valence-corrected chi connectivity index (χ2v) is 5.32. The minimum Gasteiger partial charge on any atom is -0.303 e. The summed E-state index contributed by atoms with van der Waals surface area (Å²) in [6.07, 6.45) is 0.286. The fraction of sp³-hybridized carbons (Fsp3) is 0.818. The first-order chi connectivity index (χ1) is 6.73. The molecular weight excluding hydrogens is 192 g/mol. The molecule has 0 aromatic carbocycles. The summed E-state index contributed by atoms with van der Waals surface area (Å²) in [5.74, 6) is -0.174. The van der Waals surface area contributed by atoms with E-state index in [2.05, 4.69) is 5.32 Å². The van der Waals surface area contributed by atoms with Crippen LogP contribution in [0, 0.1) is 0 Å². The molecule has 86 valence electrons. The molecule has 0 aliphatic carbocycles. The van der Waals surface area contributed by atoms with Crippen LogP contribution in [0.5, 0.6) is 0 Å². The normalized spacial score (nSPS) is 23.1. The van der Waals surface area contributed by atoms with E-state index in [1.807, 2.05) is 34.6 Å². The molecule has 1 aliphatic rings. The number of rotatable bonds is 2. The van der Waals surface area contributed by atoms with E-state index in [1.54, 1.807) is 0 Å². The lowest BCUT2D eigenvalue weighted by molar-refractivity contribution is -0.144. The highest BCUT2D eigenvalue weighted by Crippen LogP contribution is 2.23. The molecule has 1 saturated heterocycles. The molecule has 15 heavy (non-hydrogen) atoms. The van der Waals surface area contributed by atoms with Crippen LogP contribution < -0.4 is 5.32 Å². The summed E-state index contributed by atoms with van der Waals surface area (Å²) in [5, 5.41) is 3.11. The van der Waals surface area contributed by atoms with E-state index in [0.717, 1.165) is 0 Å². The van der Waals surface area contributed by atoms with Gasteiger partial charge in [-0.15, -0.1) is 0 Å². The lowest BCUT2D eigenvalue weighted by Crippen LogP contribution is -2.49. The zero-order valence-electron chi connectivity index (χ0n) is 10.1. The van der Waals surface area contributed by atoms with Crippen molar-refractivity contribution in [1.29, 1.82) is 0 Å². The maximum Gasteiger partial charge on any atom is 0.247 e. The molecule has 0 saturated carbocycles. The van der Waals surface area contributed by atoms with Crippen molar-refractivity contribution in [2.45, 2.75) is 58.7 Å². The van der Waals surface area contributed by atoms with Crippen LogP contribution in [0.2, 0.25) is 0 Å². The predicted molar refractivity (Wildman–Crippen MR) is 58.3 cm³/mol. The number of carbonyl (C=O) groups excluding carboxylic acids is 2. The zero-order chi connectivity index (χ0) is 11.8. The average Bonchev–Trinajstić information content (AvgIpc) is 2.23. The molecule has 0 bridgehead atoms. The second-order valence-electron chi connectivity index (χ2n) is 5.32. The second kappa shape index (κ2) is 3.93. The zero-order valence-corrected chi connectivity index (χ0v) is 10.1. The fourth-order valence-electron chi connectivity index (χ4n) is 1.87. The summed E-state index contributed by atoms with van der Waals surface area (Å²) in [5.41, 5.74) is -0.415. The standard InChI is InChI=1S/C11H20N2O2/c1-7(2)12-8-6-9(14)13(10(8)15)11(3,4)5/h7-8,12H,6H2,1-5H3. The first kappa shape index (κ1) is 12.2. The van der Waals surface area contributed by atoms with Crippen LogP contribution in [0.25, 0.3) is 0 Å². The molecule has 0 aromatic rings. The van der Waals surface area contributed by atoms with Crippen LogP contribution in [0.1, 0.15) is 41.0 Å². The van der Waals surface area contributed by atoms with Crippen molar-refractivity contribution < 1.29 is 9.59 Å². The highest BCUT2D eigenvalue weighted by atomic mass is 16.2. The minimum absolute atomic E-state index is 0.0781. The molecule has 1 heterocycles. The summed E-state index contributed by atoms with van der Waals surface area (Å²) in [6.45, 7) is 9.57. The van der Waals surface area contributed by atoms with E-state index in [0.29, 0.717) is 0 Å². The molecule has 0 radical (unpaired) electrons. The largest absolute Gasteiger partial charge is 0.303 e. The summed E-state index contributed by atoms with van der Waals surface area (Å²) < 4.78 is 0. The van der Waals surface area contributed by atoms with Gasteiger partial charge in [-0.1, -0.05) is 13.8 Å². The Morgan fingerprint density at radius 1 is 1.33 bits per heavy atom. The molecule has 0 spiro atoms. The highest BCUT2D eigenvalue weighted by Gasteiger charge is 2.43. The van der Waals surface area contributed by atoms with Crippen LogP contribution in [-0.4, -0.2) is 34.3 Å². The number of nitrogens with zero attached hydrogens (tertiary/aromatic N) is 1. The van der Waals surface area contributed by atoms with E-state index in [1.165, 1.54) is 4.90 Å². The van der Waals surface area contributed by atoms with Gasteiger partial charge in [0.1, 0.15) is 0 Å². The first-order valence-electron chi connectivity index (χ1n) is 5.36. The van der Waals surface area contributed by atoms with Gasteiger partial charge in [0.25, 0.3) is 0 Å². The van der Waals surface area contributed by atoms with Crippen molar-refractivity contribution in [2.75, 3.05) is 0 Å². The molecule has 1 fully saturated rings. The SMILES string of the molecule is CC(C)NC1CC(=O)N(C(C)(C)C)C1=O. The van der Waals surface area contributed by atoms with Crippen molar-refractivity contribution in [3.8, 4) is 0 Å². The number of hydrogen-bond acceptors (Lipinski definition) is 3. The third kappa shape index (κ3) is 2.56. The lowest BCUT2D eigenvalue weighted by atomic mass is 10.1. The average molecular weight is 212 g/mol. The van der Waals surface area contributed by atoms with Crippen LogP contribution in [0.15, 0.2) is 0 Å². The first-order valence-corrected chi connectivity index (χ1v) is 5.36. The Hall–Kier alpha value is -0.900. The van der Waals surface area contributed by atoms with Gasteiger partial charge in [-0.05, 0) is 20.8 Å². The maximum atomic E-state index is 11.9. The number of carbonyl (C=O) groups is 2. The monoisotopic (exact) mass is 212 g/mol. The molecule has 1 rings (SSSR count). The number of imide groups is 1. The number of hydrogen-bond donors (Lipinski definition) is 1. The third-order valence-electron chi connectivity index (χ3n) is 2.35. The molecule has 4 nitrogen and oxygen atoms in total. The van der Waals surface area contributed by atoms with Gasteiger partial charge in [0.15, 0.2) is 0 Å². The van der Waals surface area contributed by atoms with Gasteiger partial charge < -0.3 is 5.32 Å². The Bertz CT molecular complexity index is 279. The van der Waals surface area contributed by atoms with Crippen molar-refractivity contribution in [3.63, 3.8) is 0 Å². The van der Waals surface area contributed by atoms with Crippen molar-refractivity contribution in [1.82, 2.24) is 10.2 Å². The van der Waals surface area contributed by atoms with Crippen molar-refractivity contribution in [2.24, 2.45) is 0 Å². The molecular formula is C11H20N2O2. The molecule has 1 aliphatic heterocycles. The third-order valence-corrected chi connectivity index (χ3v) is 2.35. The Balaban J connectivity index is 2.80. The van der Waals surface area contributed by atoms with Crippen LogP contribution in [0.4, 0.5) is 0 Å².